The number of amides is 2. The number of nitriles is 1. The molecule has 5 heteroatoms. The van der Waals surface area contributed by atoms with Crippen molar-refractivity contribution in [3.05, 3.63) is 0 Å². The van der Waals surface area contributed by atoms with Crippen molar-refractivity contribution >= 4 is 6.03 Å². The molecule has 5 nitrogen and oxygen atoms in total. The number of nitrogens with zero attached hydrogens (tertiary/aromatic N) is 2. The van der Waals surface area contributed by atoms with E-state index in [2.05, 4.69) is 16.7 Å². The van der Waals surface area contributed by atoms with Crippen LogP contribution in [0, 0.1) is 16.7 Å². The van der Waals surface area contributed by atoms with Crippen LogP contribution in [0.4, 0.5) is 4.79 Å². The molecule has 0 aromatic carbocycles. The van der Waals surface area contributed by atoms with Gasteiger partial charge in [0.15, 0.2) is 0 Å². The Kier molecular flexibility index (Phi) is 7.31. The lowest BCUT2D eigenvalue weighted by Gasteiger charge is -2.15. The fraction of sp³-hybridized carbons (Fsp3) is 0.833. The van der Waals surface area contributed by atoms with Crippen molar-refractivity contribution < 1.29 is 4.79 Å². The summed E-state index contributed by atoms with van der Waals surface area (Å²) in [5.74, 6) is 0. The lowest BCUT2D eigenvalue weighted by Crippen LogP contribution is -2.38. The van der Waals surface area contributed by atoms with E-state index in [4.69, 9.17) is 5.26 Å². The first kappa shape index (κ1) is 15.7. The molecule has 2 amide bonds. The highest BCUT2D eigenvalue weighted by Crippen LogP contribution is 2.19. The van der Waals surface area contributed by atoms with Gasteiger partial charge in [0, 0.05) is 27.2 Å². The summed E-state index contributed by atoms with van der Waals surface area (Å²) in [7, 11) is 3.43. The van der Waals surface area contributed by atoms with Crippen LogP contribution in [0.2, 0.25) is 0 Å². The van der Waals surface area contributed by atoms with Gasteiger partial charge in [-0.25, -0.2) is 4.79 Å². The molecule has 0 heterocycles. The zero-order valence-corrected chi connectivity index (χ0v) is 11.3. The molecule has 0 saturated heterocycles. The SMILES string of the molecule is CN(C)C(=O)NCCNCCCC(C)(C)C#N. The molecule has 2 N–H and O–H groups in total. The summed E-state index contributed by atoms with van der Waals surface area (Å²) in [4.78, 5) is 12.7. The molecule has 0 fully saturated rings. The van der Waals surface area contributed by atoms with Gasteiger partial charge in [-0.3, -0.25) is 0 Å². The van der Waals surface area contributed by atoms with Crippen molar-refractivity contribution in [3.63, 3.8) is 0 Å². The predicted octanol–water partition coefficient (Wildman–Crippen LogP) is 1.18. The van der Waals surface area contributed by atoms with E-state index in [1.807, 2.05) is 13.8 Å². The fourth-order valence-corrected chi connectivity index (χ4v) is 1.25. The Morgan fingerprint density at radius 3 is 2.47 bits per heavy atom. The molecule has 0 spiro atoms. The summed E-state index contributed by atoms with van der Waals surface area (Å²) in [5.41, 5.74) is -0.235. The normalized spacial score (nSPS) is 10.8. The van der Waals surface area contributed by atoms with Crippen molar-refractivity contribution in [1.82, 2.24) is 15.5 Å². The van der Waals surface area contributed by atoms with Gasteiger partial charge in [0.25, 0.3) is 0 Å². The van der Waals surface area contributed by atoms with Gasteiger partial charge in [0.2, 0.25) is 0 Å². The molecule has 17 heavy (non-hydrogen) atoms. The highest BCUT2D eigenvalue weighted by Gasteiger charge is 2.15. The molecule has 0 aliphatic carbocycles. The van der Waals surface area contributed by atoms with Crippen LogP contribution in [0.1, 0.15) is 26.7 Å². The molecule has 98 valence electrons. The van der Waals surface area contributed by atoms with Gasteiger partial charge >= 0.3 is 6.03 Å². The number of nitrogens with one attached hydrogen (secondary N) is 2. The number of carbonyl (C=O) groups excluding carboxylic acids is 1. The topological polar surface area (TPSA) is 68.2 Å². The molecule has 0 radical (unpaired) electrons. The smallest absolute Gasteiger partial charge is 0.316 e. The molecule has 0 aliphatic heterocycles. The number of carbonyl (C=O) groups is 1. The summed E-state index contributed by atoms with van der Waals surface area (Å²) in [6.45, 7) is 6.16. The van der Waals surface area contributed by atoms with Crippen molar-refractivity contribution in [1.29, 1.82) is 5.26 Å². The van der Waals surface area contributed by atoms with E-state index in [1.54, 1.807) is 14.1 Å². The summed E-state index contributed by atoms with van der Waals surface area (Å²) < 4.78 is 0. The second-order valence-electron chi connectivity index (χ2n) is 4.98. The summed E-state index contributed by atoms with van der Waals surface area (Å²) >= 11 is 0. The third-order valence-corrected chi connectivity index (χ3v) is 2.44. The van der Waals surface area contributed by atoms with E-state index >= 15 is 0 Å². The molecule has 0 rings (SSSR count). The van der Waals surface area contributed by atoms with Crippen LogP contribution < -0.4 is 10.6 Å². The largest absolute Gasteiger partial charge is 0.337 e. The predicted molar refractivity (Wildman–Crippen MR) is 68.6 cm³/mol. The van der Waals surface area contributed by atoms with E-state index in [0.29, 0.717) is 6.54 Å². The first-order valence-corrected chi connectivity index (χ1v) is 5.96. The molecular weight excluding hydrogens is 216 g/mol. The van der Waals surface area contributed by atoms with Crippen molar-refractivity contribution in [2.45, 2.75) is 26.7 Å². The molecular formula is C12H24N4O. The Bertz CT molecular complexity index is 268. The van der Waals surface area contributed by atoms with Gasteiger partial charge in [0.1, 0.15) is 0 Å². The van der Waals surface area contributed by atoms with Crippen molar-refractivity contribution in [3.8, 4) is 6.07 Å². The molecule has 0 unspecified atom stereocenters. The van der Waals surface area contributed by atoms with Crippen LogP contribution >= 0.6 is 0 Å². The molecule has 0 saturated carbocycles. The third-order valence-electron chi connectivity index (χ3n) is 2.44. The quantitative estimate of drug-likeness (QED) is 0.657. The summed E-state index contributed by atoms with van der Waals surface area (Å²) in [5, 5.41) is 14.8. The van der Waals surface area contributed by atoms with Gasteiger partial charge in [-0.1, -0.05) is 0 Å². The monoisotopic (exact) mass is 240 g/mol. The van der Waals surface area contributed by atoms with Gasteiger partial charge in [-0.2, -0.15) is 5.26 Å². The lowest BCUT2D eigenvalue weighted by molar-refractivity contribution is 0.217. The Morgan fingerprint density at radius 2 is 1.94 bits per heavy atom. The molecule has 0 aromatic heterocycles. The number of hydrogen-bond donors (Lipinski definition) is 2. The number of rotatable bonds is 7. The van der Waals surface area contributed by atoms with Gasteiger partial charge in [-0.05, 0) is 33.2 Å². The average Bonchev–Trinajstić information content (AvgIpc) is 2.27. The Hall–Kier alpha value is -1.28. The lowest BCUT2D eigenvalue weighted by atomic mass is 9.90. The minimum atomic E-state index is -0.235. The van der Waals surface area contributed by atoms with E-state index < -0.39 is 0 Å². The fourth-order valence-electron chi connectivity index (χ4n) is 1.25. The van der Waals surface area contributed by atoms with Crippen LogP contribution in [0.3, 0.4) is 0 Å². The average molecular weight is 240 g/mol. The summed E-state index contributed by atoms with van der Waals surface area (Å²) in [6, 6.07) is 2.21. The number of hydrogen-bond acceptors (Lipinski definition) is 3. The maximum absolute atomic E-state index is 11.2. The molecule has 0 atom stereocenters. The maximum atomic E-state index is 11.2. The van der Waals surface area contributed by atoms with Crippen molar-refractivity contribution in [2.75, 3.05) is 33.7 Å². The zero-order chi connectivity index (χ0) is 13.3. The van der Waals surface area contributed by atoms with E-state index in [-0.39, 0.29) is 11.4 Å². The van der Waals surface area contributed by atoms with Gasteiger partial charge in [0.05, 0.1) is 11.5 Å². The Balaban J connectivity index is 3.37. The standard InChI is InChI=1S/C12H24N4O/c1-12(2,10-13)6-5-7-14-8-9-15-11(17)16(3)4/h14H,5-9H2,1-4H3,(H,15,17). The molecule has 0 aromatic rings. The van der Waals surface area contributed by atoms with Crippen LogP contribution in [-0.4, -0.2) is 44.7 Å². The van der Waals surface area contributed by atoms with E-state index in [1.165, 1.54) is 4.90 Å². The third kappa shape index (κ3) is 8.52. The second kappa shape index (κ2) is 7.91. The van der Waals surface area contributed by atoms with Crippen LogP contribution in [0.15, 0.2) is 0 Å². The van der Waals surface area contributed by atoms with Gasteiger partial charge < -0.3 is 15.5 Å². The minimum absolute atomic E-state index is 0.0718. The Labute approximate surface area is 104 Å². The van der Waals surface area contributed by atoms with E-state index in [9.17, 15) is 4.79 Å². The van der Waals surface area contributed by atoms with Crippen molar-refractivity contribution in [2.24, 2.45) is 5.41 Å². The minimum Gasteiger partial charge on any atom is -0.337 e. The first-order valence-electron chi connectivity index (χ1n) is 5.96. The first-order chi connectivity index (χ1) is 7.89. The van der Waals surface area contributed by atoms with Gasteiger partial charge in [-0.15, -0.1) is 0 Å². The van der Waals surface area contributed by atoms with Crippen LogP contribution in [0.5, 0.6) is 0 Å². The summed E-state index contributed by atoms with van der Waals surface area (Å²) in [6.07, 6.45) is 1.86. The highest BCUT2D eigenvalue weighted by molar-refractivity contribution is 5.73. The highest BCUT2D eigenvalue weighted by atomic mass is 16.2. The Morgan fingerprint density at radius 1 is 1.29 bits per heavy atom. The molecule has 0 aliphatic rings. The van der Waals surface area contributed by atoms with E-state index in [0.717, 1.165) is 25.9 Å². The number of urea groups is 1. The molecule has 0 bridgehead atoms. The zero-order valence-electron chi connectivity index (χ0n) is 11.3. The maximum Gasteiger partial charge on any atom is 0.316 e. The second-order valence-corrected chi connectivity index (χ2v) is 4.98. The van der Waals surface area contributed by atoms with Crippen LogP contribution in [-0.2, 0) is 0 Å². The van der Waals surface area contributed by atoms with Crippen LogP contribution in [0.25, 0.3) is 0 Å².